The first kappa shape index (κ1) is 24.3. The molecule has 0 spiro atoms. The molecule has 0 aromatic heterocycles. The summed E-state index contributed by atoms with van der Waals surface area (Å²) in [5, 5.41) is 18.9. The van der Waals surface area contributed by atoms with Crippen LogP contribution in [0.25, 0.3) is 0 Å². The summed E-state index contributed by atoms with van der Waals surface area (Å²) in [5.74, 6) is 1.02. The Kier molecular flexibility index (Phi) is 8.78. The number of piperidine rings is 1. The summed E-state index contributed by atoms with van der Waals surface area (Å²) in [6.45, 7) is 5.48. The Morgan fingerprint density at radius 1 is 1.33 bits per heavy atom. The average molecular weight is 438 g/mol. The topological polar surface area (TPSA) is 94.8 Å². The third-order valence-electron chi connectivity index (χ3n) is 6.29. The third kappa shape index (κ3) is 5.18. The Labute approximate surface area is 184 Å². The molecule has 1 aromatic rings. The van der Waals surface area contributed by atoms with Crippen LogP contribution in [0.2, 0.25) is 0 Å². The second-order valence-corrected chi connectivity index (χ2v) is 8.00. The molecule has 0 radical (unpaired) electrons. The van der Waals surface area contributed by atoms with Crippen molar-refractivity contribution < 1.29 is 19.5 Å². The molecule has 1 saturated heterocycles. The smallest absolute Gasteiger partial charge is 0.260 e. The molecule has 2 N–H and O–H groups in total. The van der Waals surface area contributed by atoms with Crippen LogP contribution in [0, 0.1) is 11.3 Å². The molecule has 1 aliphatic carbocycles. The van der Waals surface area contributed by atoms with Crippen LogP contribution in [0.3, 0.4) is 0 Å². The van der Waals surface area contributed by atoms with Crippen molar-refractivity contribution >= 4 is 18.3 Å². The standard InChI is InChI=1S/C22H31N3O4.ClH/c1-3-28-19-9-8-17(14-20(19)29-18-6-4-5-7-18)22(15-23)10-12-25(13-11-22)16(2)21(26)24-27;/h8-9,14,16,18,27H,3-7,10-13H2,1-2H3,(H,24,26);1H. The van der Waals surface area contributed by atoms with Gasteiger partial charge < -0.3 is 9.47 Å². The number of ether oxygens (including phenoxy) is 2. The van der Waals surface area contributed by atoms with Crippen molar-refractivity contribution in [3.63, 3.8) is 0 Å². The maximum atomic E-state index is 11.7. The number of hydrogen-bond donors (Lipinski definition) is 2. The lowest BCUT2D eigenvalue weighted by atomic mass is 9.73. The molecule has 7 nitrogen and oxygen atoms in total. The average Bonchev–Trinajstić information content (AvgIpc) is 3.27. The van der Waals surface area contributed by atoms with Crippen molar-refractivity contribution in [2.45, 2.75) is 69.9 Å². The monoisotopic (exact) mass is 437 g/mol. The number of rotatable bonds is 7. The molecule has 1 unspecified atom stereocenters. The molecule has 1 aliphatic heterocycles. The number of nitrogens with one attached hydrogen (secondary N) is 1. The quantitative estimate of drug-likeness (QED) is 0.500. The highest BCUT2D eigenvalue weighted by atomic mass is 35.5. The van der Waals surface area contributed by atoms with E-state index in [-0.39, 0.29) is 18.5 Å². The molecule has 1 amide bonds. The van der Waals surface area contributed by atoms with E-state index in [0.717, 1.165) is 29.9 Å². The van der Waals surface area contributed by atoms with E-state index in [0.29, 0.717) is 32.5 Å². The largest absolute Gasteiger partial charge is 0.490 e. The molecule has 1 heterocycles. The fourth-order valence-electron chi connectivity index (χ4n) is 4.38. The van der Waals surface area contributed by atoms with E-state index in [4.69, 9.17) is 14.7 Å². The Balaban J connectivity index is 0.00000320. The third-order valence-corrected chi connectivity index (χ3v) is 6.29. The molecule has 1 saturated carbocycles. The Bertz CT molecular complexity index is 753. The van der Waals surface area contributed by atoms with Crippen LogP contribution in [-0.2, 0) is 10.2 Å². The molecule has 30 heavy (non-hydrogen) atoms. The lowest BCUT2D eigenvalue weighted by Gasteiger charge is -2.39. The molecular formula is C22H32ClN3O4. The van der Waals surface area contributed by atoms with Gasteiger partial charge in [-0.25, -0.2) is 5.48 Å². The maximum absolute atomic E-state index is 11.7. The lowest BCUT2D eigenvalue weighted by molar-refractivity contribution is -0.134. The van der Waals surface area contributed by atoms with Gasteiger partial charge >= 0.3 is 0 Å². The predicted octanol–water partition coefficient (Wildman–Crippen LogP) is 3.58. The van der Waals surface area contributed by atoms with E-state index in [1.165, 1.54) is 12.8 Å². The molecule has 3 rings (SSSR count). The van der Waals surface area contributed by atoms with E-state index in [1.54, 1.807) is 12.4 Å². The minimum absolute atomic E-state index is 0. The lowest BCUT2D eigenvalue weighted by Crippen LogP contribution is -2.50. The van der Waals surface area contributed by atoms with E-state index in [9.17, 15) is 10.1 Å². The zero-order chi connectivity index (χ0) is 20.9. The SMILES string of the molecule is CCOc1ccc(C2(C#N)CCN(C(C)C(=O)NO)CC2)cc1OC1CCCC1.Cl. The number of benzene rings is 1. The second-order valence-electron chi connectivity index (χ2n) is 8.00. The van der Waals surface area contributed by atoms with Crippen molar-refractivity contribution in [2.75, 3.05) is 19.7 Å². The maximum Gasteiger partial charge on any atom is 0.260 e. The number of carbonyl (C=O) groups excluding carboxylic acids is 1. The van der Waals surface area contributed by atoms with Gasteiger partial charge in [-0.3, -0.25) is 14.9 Å². The van der Waals surface area contributed by atoms with Crippen molar-refractivity contribution in [1.82, 2.24) is 10.4 Å². The fourth-order valence-corrected chi connectivity index (χ4v) is 4.38. The predicted molar refractivity (Wildman–Crippen MR) is 115 cm³/mol. The van der Waals surface area contributed by atoms with E-state index in [1.807, 2.05) is 30.0 Å². The minimum Gasteiger partial charge on any atom is -0.490 e. The number of carbonyl (C=O) groups is 1. The number of nitrogens with zero attached hydrogens (tertiary/aromatic N) is 2. The van der Waals surface area contributed by atoms with Crippen molar-refractivity contribution in [1.29, 1.82) is 5.26 Å². The van der Waals surface area contributed by atoms with Gasteiger partial charge in [-0.2, -0.15) is 5.26 Å². The number of hydrogen-bond acceptors (Lipinski definition) is 6. The van der Waals surface area contributed by atoms with Crippen molar-refractivity contribution in [3.8, 4) is 17.6 Å². The van der Waals surface area contributed by atoms with Crippen LogP contribution >= 0.6 is 12.4 Å². The van der Waals surface area contributed by atoms with Crippen molar-refractivity contribution in [3.05, 3.63) is 23.8 Å². The second kappa shape index (κ2) is 10.9. The Hall–Kier alpha value is -2.01. The number of nitriles is 1. The van der Waals surface area contributed by atoms with Gasteiger partial charge in [0, 0.05) is 13.1 Å². The number of hydroxylamine groups is 1. The highest BCUT2D eigenvalue weighted by Crippen LogP contribution is 2.40. The van der Waals surface area contributed by atoms with Gasteiger partial charge in [0.15, 0.2) is 11.5 Å². The van der Waals surface area contributed by atoms with Gasteiger partial charge in [0.2, 0.25) is 0 Å². The summed E-state index contributed by atoms with van der Waals surface area (Å²) in [6.07, 6.45) is 5.92. The van der Waals surface area contributed by atoms with Gasteiger partial charge in [-0.1, -0.05) is 6.07 Å². The van der Waals surface area contributed by atoms with Crippen LogP contribution in [0.4, 0.5) is 0 Å². The van der Waals surface area contributed by atoms with E-state index >= 15 is 0 Å². The Morgan fingerprint density at radius 3 is 2.57 bits per heavy atom. The van der Waals surface area contributed by atoms with Crippen LogP contribution in [0.1, 0.15) is 57.9 Å². The fraction of sp³-hybridized carbons (Fsp3) is 0.636. The number of halogens is 1. The zero-order valence-corrected chi connectivity index (χ0v) is 18.5. The van der Waals surface area contributed by atoms with Crippen molar-refractivity contribution in [2.24, 2.45) is 0 Å². The molecule has 2 fully saturated rings. The minimum atomic E-state index is -0.621. The first-order valence-corrected chi connectivity index (χ1v) is 10.6. The van der Waals surface area contributed by atoms with Gasteiger partial charge in [0.1, 0.15) is 0 Å². The van der Waals surface area contributed by atoms with Crippen LogP contribution in [-0.4, -0.2) is 47.9 Å². The molecule has 1 aromatic carbocycles. The van der Waals surface area contributed by atoms with E-state index < -0.39 is 17.4 Å². The molecule has 2 aliphatic rings. The number of likely N-dealkylation sites (tertiary alicyclic amines) is 1. The molecule has 0 bridgehead atoms. The first-order chi connectivity index (χ1) is 14.0. The van der Waals surface area contributed by atoms with Gasteiger partial charge in [0.25, 0.3) is 5.91 Å². The van der Waals surface area contributed by atoms with Gasteiger partial charge in [0.05, 0.1) is 30.2 Å². The summed E-state index contributed by atoms with van der Waals surface area (Å²) in [5.41, 5.74) is 2.03. The Morgan fingerprint density at radius 2 is 2.00 bits per heavy atom. The molecule has 1 atom stereocenters. The first-order valence-electron chi connectivity index (χ1n) is 10.6. The summed E-state index contributed by atoms with van der Waals surface area (Å²) >= 11 is 0. The normalized spacial score (nSPS) is 19.9. The zero-order valence-electron chi connectivity index (χ0n) is 17.7. The summed E-state index contributed by atoms with van der Waals surface area (Å²) in [4.78, 5) is 13.7. The molecular weight excluding hydrogens is 406 g/mol. The summed E-state index contributed by atoms with van der Waals surface area (Å²) in [7, 11) is 0. The highest BCUT2D eigenvalue weighted by Gasteiger charge is 2.39. The van der Waals surface area contributed by atoms with E-state index in [2.05, 4.69) is 6.07 Å². The summed E-state index contributed by atoms with van der Waals surface area (Å²) < 4.78 is 12.0. The highest BCUT2D eigenvalue weighted by molar-refractivity contribution is 5.85. The molecule has 8 heteroatoms. The van der Waals surface area contributed by atoms with Crippen LogP contribution in [0.5, 0.6) is 11.5 Å². The van der Waals surface area contributed by atoms with Crippen LogP contribution < -0.4 is 15.0 Å². The van der Waals surface area contributed by atoms with Gasteiger partial charge in [-0.05, 0) is 70.1 Å². The van der Waals surface area contributed by atoms with Crippen LogP contribution in [0.15, 0.2) is 18.2 Å². The molecule has 166 valence electrons. The number of amides is 1. The van der Waals surface area contributed by atoms with Gasteiger partial charge in [-0.15, -0.1) is 12.4 Å². The summed E-state index contributed by atoms with van der Waals surface area (Å²) in [6, 6.07) is 7.96.